The molecule has 3 aromatic rings. The molecule has 0 aromatic heterocycles. The van der Waals surface area contributed by atoms with Gasteiger partial charge in [-0.05, 0) is 29.8 Å². The van der Waals surface area contributed by atoms with E-state index in [2.05, 4.69) is 5.32 Å². The smallest absolute Gasteiger partial charge is 0.239 e. The van der Waals surface area contributed by atoms with E-state index in [0.717, 1.165) is 5.56 Å². The number of nitrogens with one attached hydrogen (secondary N) is 1. The SMILES string of the molecule is CC.CC.O=C(CCl)Nc1ccccc1Oc1ccccc1OCc1ccccc1. The van der Waals surface area contributed by atoms with Crippen molar-refractivity contribution in [2.24, 2.45) is 0 Å². The molecule has 3 rings (SSSR count). The monoisotopic (exact) mass is 427 g/mol. The zero-order valence-corrected chi connectivity index (χ0v) is 18.8. The fourth-order valence-electron chi connectivity index (χ4n) is 2.35. The molecule has 0 aliphatic heterocycles. The lowest BCUT2D eigenvalue weighted by Gasteiger charge is -2.15. The van der Waals surface area contributed by atoms with Crippen LogP contribution in [0.25, 0.3) is 0 Å². The standard InChI is InChI=1S/C21H18ClNO3.2C2H6/c22-14-21(24)23-17-10-4-5-11-18(17)26-20-13-7-6-12-19(20)25-15-16-8-2-1-3-9-16;2*1-2/h1-13H,14-15H2,(H,23,24);2*1-2H3. The molecule has 4 nitrogen and oxygen atoms in total. The van der Waals surface area contributed by atoms with Gasteiger partial charge in [0, 0.05) is 0 Å². The Morgan fingerprint density at radius 1 is 0.767 bits per heavy atom. The molecule has 0 heterocycles. The van der Waals surface area contributed by atoms with Crippen molar-refractivity contribution in [2.45, 2.75) is 34.3 Å². The molecule has 0 unspecified atom stereocenters. The highest BCUT2D eigenvalue weighted by Crippen LogP contribution is 2.35. The first-order valence-corrected chi connectivity index (χ1v) is 10.7. The van der Waals surface area contributed by atoms with Gasteiger partial charge in [0.25, 0.3) is 0 Å². The molecule has 1 amide bonds. The Hall–Kier alpha value is -2.98. The minimum atomic E-state index is -0.295. The third-order valence-corrected chi connectivity index (χ3v) is 3.83. The summed E-state index contributed by atoms with van der Waals surface area (Å²) in [5.41, 5.74) is 1.62. The Labute approximate surface area is 184 Å². The Bertz CT molecular complexity index is 869. The van der Waals surface area contributed by atoms with Crippen LogP contribution in [0.4, 0.5) is 5.69 Å². The van der Waals surface area contributed by atoms with Crippen molar-refractivity contribution < 1.29 is 14.3 Å². The van der Waals surface area contributed by atoms with Gasteiger partial charge in [0.15, 0.2) is 17.2 Å². The summed E-state index contributed by atoms with van der Waals surface area (Å²) in [6.45, 7) is 8.44. The highest BCUT2D eigenvalue weighted by Gasteiger charge is 2.11. The average molecular weight is 428 g/mol. The quantitative estimate of drug-likeness (QED) is 0.402. The number of carbonyl (C=O) groups is 1. The number of alkyl halides is 1. The number of anilines is 1. The predicted molar refractivity (Wildman–Crippen MR) is 126 cm³/mol. The van der Waals surface area contributed by atoms with Crippen molar-refractivity contribution in [1.82, 2.24) is 0 Å². The normalized spacial score (nSPS) is 9.23. The molecule has 0 spiro atoms. The lowest BCUT2D eigenvalue weighted by molar-refractivity contribution is -0.113. The van der Waals surface area contributed by atoms with Gasteiger partial charge in [0.05, 0.1) is 5.69 Å². The molecule has 0 atom stereocenters. The van der Waals surface area contributed by atoms with E-state index in [1.54, 1.807) is 12.1 Å². The molecular formula is C25H30ClNO3. The number of benzene rings is 3. The summed E-state index contributed by atoms with van der Waals surface area (Å²) in [4.78, 5) is 11.6. The van der Waals surface area contributed by atoms with Gasteiger partial charge < -0.3 is 14.8 Å². The Morgan fingerprint density at radius 2 is 1.30 bits per heavy atom. The van der Waals surface area contributed by atoms with Crippen LogP contribution in [0, 0.1) is 0 Å². The topological polar surface area (TPSA) is 47.6 Å². The summed E-state index contributed by atoms with van der Waals surface area (Å²) in [5.74, 6) is 1.29. The van der Waals surface area contributed by atoms with Crippen molar-refractivity contribution in [3.05, 3.63) is 84.4 Å². The maximum atomic E-state index is 11.6. The summed E-state index contributed by atoms with van der Waals surface area (Å²) >= 11 is 5.57. The van der Waals surface area contributed by atoms with Crippen molar-refractivity contribution in [1.29, 1.82) is 0 Å². The van der Waals surface area contributed by atoms with Crippen LogP contribution in [0.15, 0.2) is 78.9 Å². The number of para-hydroxylation sites is 4. The summed E-state index contributed by atoms with van der Waals surface area (Å²) in [6, 6.07) is 24.5. The molecule has 0 saturated carbocycles. The molecular weight excluding hydrogens is 398 g/mol. The molecule has 5 heteroatoms. The van der Waals surface area contributed by atoms with E-state index in [-0.39, 0.29) is 11.8 Å². The van der Waals surface area contributed by atoms with Crippen molar-refractivity contribution in [2.75, 3.05) is 11.2 Å². The molecule has 1 N–H and O–H groups in total. The molecule has 0 saturated heterocycles. The maximum Gasteiger partial charge on any atom is 0.239 e. The first-order valence-electron chi connectivity index (χ1n) is 10.1. The fourth-order valence-corrected chi connectivity index (χ4v) is 2.42. The molecule has 0 fully saturated rings. The van der Waals surface area contributed by atoms with Crippen LogP contribution < -0.4 is 14.8 Å². The second-order valence-electron chi connectivity index (χ2n) is 5.50. The highest BCUT2D eigenvalue weighted by molar-refractivity contribution is 6.29. The second-order valence-corrected chi connectivity index (χ2v) is 5.77. The molecule has 0 aliphatic carbocycles. The van der Waals surface area contributed by atoms with Crippen LogP contribution in [0.2, 0.25) is 0 Å². The van der Waals surface area contributed by atoms with E-state index in [0.29, 0.717) is 29.5 Å². The van der Waals surface area contributed by atoms with Gasteiger partial charge in [-0.15, -0.1) is 11.6 Å². The van der Waals surface area contributed by atoms with Gasteiger partial charge in [0.2, 0.25) is 5.91 Å². The van der Waals surface area contributed by atoms with Crippen LogP contribution in [0.5, 0.6) is 17.2 Å². The molecule has 0 bridgehead atoms. The number of hydrogen-bond acceptors (Lipinski definition) is 3. The number of rotatable bonds is 7. The van der Waals surface area contributed by atoms with E-state index in [1.165, 1.54) is 0 Å². The number of halogens is 1. The second kappa shape index (κ2) is 14.9. The van der Waals surface area contributed by atoms with E-state index >= 15 is 0 Å². The third kappa shape index (κ3) is 8.18. The lowest BCUT2D eigenvalue weighted by atomic mass is 10.2. The summed E-state index contributed by atoms with van der Waals surface area (Å²) in [5, 5.41) is 2.72. The zero-order chi connectivity index (χ0) is 22.2. The van der Waals surface area contributed by atoms with Gasteiger partial charge in [-0.1, -0.05) is 82.3 Å². The molecule has 0 aliphatic rings. The van der Waals surface area contributed by atoms with E-state index in [1.807, 2.05) is 94.4 Å². The summed E-state index contributed by atoms with van der Waals surface area (Å²) in [6.07, 6.45) is 0. The van der Waals surface area contributed by atoms with E-state index < -0.39 is 0 Å². The number of ether oxygens (including phenoxy) is 2. The first-order chi connectivity index (χ1) is 14.8. The van der Waals surface area contributed by atoms with Gasteiger partial charge in [-0.2, -0.15) is 0 Å². The minimum Gasteiger partial charge on any atom is -0.485 e. The van der Waals surface area contributed by atoms with E-state index in [9.17, 15) is 4.79 Å². The van der Waals surface area contributed by atoms with E-state index in [4.69, 9.17) is 21.1 Å². The van der Waals surface area contributed by atoms with Crippen LogP contribution in [0.3, 0.4) is 0 Å². The first kappa shape index (κ1) is 25.1. The minimum absolute atomic E-state index is 0.120. The van der Waals surface area contributed by atoms with Crippen molar-refractivity contribution in [3.63, 3.8) is 0 Å². The fraction of sp³-hybridized carbons (Fsp3) is 0.240. The Morgan fingerprint density at radius 3 is 1.93 bits per heavy atom. The van der Waals surface area contributed by atoms with Crippen molar-refractivity contribution >= 4 is 23.2 Å². The molecule has 30 heavy (non-hydrogen) atoms. The molecule has 3 aromatic carbocycles. The third-order valence-electron chi connectivity index (χ3n) is 3.59. The van der Waals surface area contributed by atoms with Gasteiger partial charge in [-0.25, -0.2) is 0 Å². The van der Waals surface area contributed by atoms with Gasteiger partial charge in [-0.3, -0.25) is 4.79 Å². The van der Waals surface area contributed by atoms with Crippen LogP contribution in [-0.2, 0) is 11.4 Å². The summed E-state index contributed by atoms with van der Waals surface area (Å²) < 4.78 is 11.9. The Kier molecular flexibility index (Phi) is 12.5. The maximum absolute atomic E-state index is 11.6. The Balaban J connectivity index is 0.00000106. The van der Waals surface area contributed by atoms with Crippen molar-refractivity contribution in [3.8, 4) is 17.2 Å². The summed E-state index contributed by atoms with van der Waals surface area (Å²) in [7, 11) is 0. The van der Waals surface area contributed by atoms with Gasteiger partial charge >= 0.3 is 0 Å². The lowest BCUT2D eigenvalue weighted by Crippen LogP contribution is -2.13. The van der Waals surface area contributed by atoms with Crippen LogP contribution >= 0.6 is 11.6 Å². The molecule has 160 valence electrons. The zero-order valence-electron chi connectivity index (χ0n) is 18.0. The number of carbonyl (C=O) groups excluding carboxylic acids is 1. The highest BCUT2D eigenvalue weighted by atomic mass is 35.5. The average Bonchev–Trinajstić information content (AvgIpc) is 2.83. The largest absolute Gasteiger partial charge is 0.485 e. The molecule has 0 radical (unpaired) electrons. The number of amides is 1. The number of hydrogen-bond donors (Lipinski definition) is 1. The van der Waals surface area contributed by atoms with Crippen LogP contribution in [-0.4, -0.2) is 11.8 Å². The van der Waals surface area contributed by atoms with Gasteiger partial charge in [0.1, 0.15) is 12.5 Å². The predicted octanol–water partition coefficient (Wildman–Crippen LogP) is 7.29. The van der Waals surface area contributed by atoms with Crippen LogP contribution in [0.1, 0.15) is 33.3 Å².